The van der Waals surface area contributed by atoms with Crippen molar-refractivity contribution in [3.05, 3.63) is 33.7 Å². The van der Waals surface area contributed by atoms with Gasteiger partial charge in [0.05, 0.1) is 5.52 Å². The first-order valence-electron chi connectivity index (χ1n) is 3.67. The highest BCUT2D eigenvalue weighted by Crippen LogP contribution is 2.15. The largest absolute Gasteiger partial charge is 0.412 e. The van der Waals surface area contributed by atoms with Gasteiger partial charge in [0.1, 0.15) is 12.6 Å². The Morgan fingerprint density at radius 2 is 2.31 bits per heavy atom. The van der Waals surface area contributed by atoms with Crippen LogP contribution in [0.15, 0.2) is 23.0 Å². The number of rotatable bonds is 1. The van der Waals surface area contributed by atoms with Crippen LogP contribution >= 0.6 is 11.6 Å². The number of halogens is 1. The predicted molar refractivity (Wildman–Crippen MR) is 50.1 cm³/mol. The van der Waals surface area contributed by atoms with Crippen molar-refractivity contribution in [2.45, 2.75) is 0 Å². The fourth-order valence-electron chi connectivity index (χ4n) is 1.24. The minimum Gasteiger partial charge on any atom is -0.412 e. The Bertz CT molecular complexity index is 500. The molecule has 0 unspecified atom stereocenters. The SMILES string of the molecule is COn1c(=O)[nH]c2cc(Cl)ccc21. The molecule has 0 fully saturated rings. The molecule has 1 aromatic heterocycles. The summed E-state index contributed by atoms with van der Waals surface area (Å²) >= 11 is 5.75. The molecule has 1 N–H and O–H groups in total. The van der Waals surface area contributed by atoms with Crippen LogP contribution in [0, 0.1) is 0 Å². The lowest BCUT2D eigenvalue weighted by Gasteiger charge is -1.98. The third-order valence-corrected chi connectivity index (χ3v) is 2.02. The van der Waals surface area contributed by atoms with E-state index in [4.69, 9.17) is 16.4 Å². The summed E-state index contributed by atoms with van der Waals surface area (Å²) < 4.78 is 1.17. The maximum absolute atomic E-state index is 11.2. The number of hydrogen-bond donors (Lipinski definition) is 1. The van der Waals surface area contributed by atoms with E-state index < -0.39 is 0 Å². The van der Waals surface area contributed by atoms with Gasteiger partial charge in [-0.15, -0.1) is 4.73 Å². The lowest BCUT2D eigenvalue weighted by atomic mass is 10.3. The van der Waals surface area contributed by atoms with Crippen LogP contribution in [0.25, 0.3) is 11.0 Å². The third kappa shape index (κ3) is 1.19. The van der Waals surface area contributed by atoms with Gasteiger partial charge in [-0.25, -0.2) is 4.79 Å². The lowest BCUT2D eigenvalue weighted by Crippen LogP contribution is -2.21. The van der Waals surface area contributed by atoms with Crippen molar-refractivity contribution < 1.29 is 4.84 Å². The molecule has 0 bridgehead atoms. The van der Waals surface area contributed by atoms with E-state index in [1.807, 2.05) is 0 Å². The molecule has 1 aromatic carbocycles. The molecule has 0 aliphatic heterocycles. The fourth-order valence-corrected chi connectivity index (χ4v) is 1.41. The van der Waals surface area contributed by atoms with Crippen LogP contribution in [0.2, 0.25) is 5.02 Å². The van der Waals surface area contributed by atoms with Gasteiger partial charge in [0.15, 0.2) is 0 Å². The molecule has 1 heterocycles. The van der Waals surface area contributed by atoms with Crippen LogP contribution in [-0.4, -0.2) is 16.8 Å². The van der Waals surface area contributed by atoms with Gasteiger partial charge in [-0.2, -0.15) is 0 Å². The smallest absolute Gasteiger partial charge is 0.359 e. The zero-order valence-electron chi connectivity index (χ0n) is 6.87. The van der Waals surface area contributed by atoms with Crippen molar-refractivity contribution in [2.24, 2.45) is 0 Å². The summed E-state index contributed by atoms with van der Waals surface area (Å²) in [7, 11) is 1.43. The highest BCUT2D eigenvalue weighted by molar-refractivity contribution is 6.31. The molecular formula is C8H7ClN2O2. The first kappa shape index (κ1) is 8.19. The second-order valence-corrected chi connectivity index (χ2v) is 3.01. The topological polar surface area (TPSA) is 47.0 Å². The zero-order valence-corrected chi connectivity index (χ0v) is 7.63. The summed E-state index contributed by atoms with van der Waals surface area (Å²) in [6.45, 7) is 0. The summed E-state index contributed by atoms with van der Waals surface area (Å²) in [6, 6.07) is 5.10. The fraction of sp³-hybridized carbons (Fsp3) is 0.125. The number of nitrogens with one attached hydrogen (secondary N) is 1. The van der Waals surface area contributed by atoms with E-state index in [1.54, 1.807) is 18.2 Å². The molecule has 0 aliphatic carbocycles. The first-order chi connectivity index (χ1) is 6.22. The number of aromatic nitrogens is 2. The number of hydrogen-bond acceptors (Lipinski definition) is 2. The molecule has 0 aliphatic rings. The van der Waals surface area contributed by atoms with Gasteiger partial charge in [0.2, 0.25) is 0 Å². The van der Waals surface area contributed by atoms with Crippen molar-refractivity contribution in [2.75, 3.05) is 7.11 Å². The number of H-pyrrole nitrogens is 1. The lowest BCUT2D eigenvalue weighted by molar-refractivity contribution is 0.169. The van der Waals surface area contributed by atoms with Crippen molar-refractivity contribution in [1.82, 2.24) is 9.71 Å². The van der Waals surface area contributed by atoms with E-state index in [9.17, 15) is 4.79 Å². The van der Waals surface area contributed by atoms with Crippen molar-refractivity contribution in [3.63, 3.8) is 0 Å². The molecule has 2 rings (SSSR count). The van der Waals surface area contributed by atoms with Crippen molar-refractivity contribution >= 4 is 22.6 Å². The highest BCUT2D eigenvalue weighted by Gasteiger charge is 2.05. The molecule has 5 heteroatoms. The van der Waals surface area contributed by atoms with Gasteiger partial charge >= 0.3 is 5.69 Å². The number of fused-ring (bicyclic) bond motifs is 1. The molecule has 68 valence electrons. The standard InChI is InChI=1S/C8H7ClN2O2/c1-13-11-7-3-2-5(9)4-6(7)10-8(11)12/h2-4H,1H3,(H,10,12). The second-order valence-electron chi connectivity index (χ2n) is 2.57. The summed E-state index contributed by atoms with van der Waals surface area (Å²) in [5.74, 6) is 0. The predicted octanol–water partition coefficient (Wildman–Crippen LogP) is 1.04. The summed E-state index contributed by atoms with van der Waals surface area (Å²) in [5.41, 5.74) is 1.04. The van der Waals surface area contributed by atoms with E-state index in [2.05, 4.69) is 4.98 Å². The Labute approximate surface area is 78.6 Å². The number of benzene rings is 1. The van der Waals surface area contributed by atoms with E-state index in [-0.39, 0.29) is 5.69 Å². The Morgan fingerprint density at radius 3 is 3.00 bits per heavy atom. The zero-order chi connectivity index (χ0) is 9.42. The van der Waals surface area contributed by atoms with E-state index in [0.717, 1.165) is 0 Å². The molecule has 0 saturated heterocycles. The minimum atomic E-state index is -0.306. The second kappa shape index (κ2) is 2.81. The summed E-state index contributed by atoms with van der Waals surface area (Å²) in [5, 5.41) is 0.581. The van der Waals surface area contributed by atoms with Gasteiger partial charge in [0, 0.05) is 5.02 Å². The normalized spacial score (nSPS) is 10.6. The summed E-state index contributed by atoms with van der Waals surface area (Å²) in [4.78, 5) is 18.7. The van der Waals surface area contributed by atoms with E-state index in [1.165, 1.54) is 11.8 Å². The Kier molecular flexibility index (Phi) is 1.77. The third-order valence-electron chi connectivity index (χ3n) is 1.79. The molecule has 2 aromatic rings. The van der Waals surface area contributed by atoms with Crippen LogP contribution < -0.4 is 10.5 Å². The van der Waals surface area contributed by atoms with Crippen LogP contribution in [0.3, 0.4) is 0 Å². The van der Waals surface area contributed by atoms with Crippen LogP contribution in [0.4, 0.5) is 0 Å². The number of aromatic amines is 1. The van der Waals surface area contributed by atoms with Crippen molar-refractivity contribution in [1.29, 1.82) is 0 Å². The number of imidazole rings is 1. The molecule has 0 saturated carbocycles. The van der Waals surface area contributed by atoms with E-state index in [0.29, 0.717) is 16.1 Å². The monoisotopic (exact) mass is 198 g/mol. The number of nitrogens with zero attached hydrogens (tertiary/aromatic N) is 1. The quantitative estimate of drug-likeness (QED) is 0.745. The Hall–Kier alpha value is -1.42. The molecule has 13 heavy (non-hydrogen) atoms. The highest BCUT2D eigenvalue weighted by atomic mass is 35.5. The minimum absolute atomic E-state index is 0.306. The Balaban J connectivity index is 2.87. The molecule has 0 amide bonds. The van der Waals surface area contributed by atoms with Gasteiger partial charge in [0.25, 0.3) is 0 Å². The van der Waals surface area contributed by atoms with Gasteiger partial charge in [-0.3, -0.25) is 0 Å². The Morgan fingerprint density at radius 1 is 1.54 bits per heavy atom. The van der Waals surface area contributed by atoms with Gasteiger partial charge < -0.3 is 9.82 Å². The van der Waals surface area contributed by atoms with Crippen LogP contribution in [-0.2, 0) is 0 Å². The average Bonchev–Trinajstić information content (AvgIpc) is 2.39. The van der Waals surface area contributed by atoms with Gasteiger partial charge in [-0.05, 0) is 18.2 Å². The molecule has 4 nitrogen and oxygen atoms in total. The molecular weight excluding hydrogens is 192 g/mol. The van der Waals surface area contributed by atoms with E-state index >= 15 is 0 Å². The summed E-state index contributed by atoms with van der Waals surface area (Å²) in [6.07, 6.45) is 0. The molecule has 0 spiro atoms. The average molecular weight is 199 g/mol. The maximum Gasteiger partial charge on any atom is 0.359 e. The molecule has 0 atom stereocenters. The first-order valence-corrected chi connectivity index (χ1v) is 4.05. The van der Waals surface area contributed by atoms with Crippen LogP contribution in [0.5, 0.6) is 0 Å². The van der Waals surface area contributed by atoms with Gasteiger partial charge in [-0.1, -0.05) is 11.6 Å². The van der Waals surface area contributed by atoms with Crippen LogP contribution in [0.1, 0.15) is 0 Å². The molecule has 0 radical (unpaired) electrons. The maximum atomic E-state index is 11.2. The van der Waals surface area contributed by atoms with Crippen molar-refractivity contribution in [3.8, 4) is 0 Å².